The highest BCUT2D eigenvalue weighted by Gasteiger charge is 2.35. The number of rotatable bonds is 4. The van der Waals surface area contributed by atoms with E-state index in [-0.39, 0.29) is 11.5 Å². The number of alkyl halides is 3. The summed E-state index contributed by atoms with van der Waals surface area (Å²) in [6, 6.07) is 10.5. The van der Waals surface area contributed by atoms with Gasteiger partial charge in [0.25, 0.3) is 0 Å². The Morgan fingerprint density at radius 2 is 1.70 bits per heavy atom. The van der Waals surface area contributed by atoms with Gasteiger partial charge in [-0.1, -0.05) is 30.3 Å². The van der Waals surface area contributed by atoms with E-state index in [4.69, 9.17) is 0 Å². The van der Waals surface area contributed by atoms with Gasteiger partial charge in [-0.15, -0.1) is 0 Å². The predicted octanol–water partition coefficient (Wildman–Crippen LogP) is 4.92. The van der Waals surface area contributed by atoms with Crippen molar-refractivity contribution in [2.24, 2.45) is 0 Å². The van der Waals surface area contributed by atoms with Gasteiger partial charge < -0.3 is 10.6 Å². The predicted molar refractivity (Wildman–Crippen MR) is 86.4 cm³/mol. The van der Waals surface area contributed by atoms with Gasteiger partial charge in [0.15, 0.2) is 0 Å². The van der Waals surface area contributed by atoms with Gasteiger partial charge in [-0.05, 0) is 32.4 Å². The highest BCUT2D eigenvalue weighted by molar-refractivity contribution is 5.57. The van der Waals surface area contributed by atoms with Crippen molar-refractivity contribution in [1.82, 2.24) is 4.98 Å². The van der Waals surface area contributed by atoms with E-state index < -0.39 is 17.3 Å². The Bertz CT molecular complexity index is 646. The number of hydrogen-bond acceptors (Lipinski definition) is 3. The summed E-state index contributed by atoms with van der Waals surface area (Å²) in [5, 5.41) is 5.77. The quantitative estimate of drug-likeness (QED) is 0.838. The Hall–Kier alpha value is -2.24. The monoisotopic (exact) mass is 323 g/mol. The first kappa shape index (κ1) is 17.1. The van der Waals surface area contributed by atoms with Gasteiger partial charge in [-0.2, -0.15) is 13.2 Å². The molecule has 0 atom stereocenters. The molecule has 0 saturated heterocycles. The van der Waals surface area contributed by atoms with Crippen molar-refractivity contribution in [1.29, 1.82) is 0 Å². The lowest BCUT2D eigenvalue weighted by atomic mass is 10.1. The second kappa shape index (κ2) is 6.48. The van der Waals surface area contributed by atoms with Crippen molar-refractivity contribution in [3.05, 3.63) is 53.7 Å². The lowest BCUT2D eigenvalue weighted by molar-refractivity contribution is -0.137. The van der Waals surface area contributed by atoms with Gasteiger partial charge in [-0.25, -0.2) is 4.98 Å². The van der Waals surface area contributed by atoms with Gasteiger partial charge in [-0.3, -0.25) is 0 Å². The van der Waals surface area contributed by atoms with E-state index in [0.717, 1.165) is 11.6 Å². The summed E-state index contributed by atoms with van der Waals surface area (Å²) in [6.45, 7) is 5.81. The molecule has 0 bridgehead atoms. The van der Waals surface area contributed by atoms with E-state index in [1.807, 2.05) is 30.3 Å². The van der Waals surface area contributed by atoms with Crippen molar-refractivity contribution < 1.29 is 13.2 Å². The lowest BCUT2D eigenvalue weighted by Gasteiger charge is -2.25. The van der Waals surface area contributed by atoms with Crippen LogP contribution in [0.2, 0.25) is 0 Å². The van der Waals surface area contributed by atoms with Crippen LogP contribution in [-0.2, 0) is 12.7 Å². The standard InChI is InChI=1S/C17H20F3N3/c1-16(2,3)23-14-11-22-15(9-13(14)17(18,19)20)21-10-12-7-5-4-6-8-12/h4-9,11,23H,10H2,1-3H3,(H,21,22). The Morgan fingerprint density at radius 3 is 2.26 bits per heavy atom. The average Bonchev–Trinajstić information content (AvgIpc) is 2.44. The van der Waals surface area contributed by atoms with Crippen LogP contribution in [0.1, 0.15) is 31.9 Å². The third kappa shape index (κ3) is 5.16. The summed E-state index contributed by atoms with van der Waals surface area (Å²) in [5.41, 5.74) is -0.256. The number of hydrogen-bond donors (Lipinski definition) is 2. The molecule has 0 amide bonds. The summed E-state index contributed by atoms with van der Waals surface area (Å²) >= 11 is 0. The molecule has 124 valence electrons. The first-order valence-electron chi connectivity index (χ1n) is 7.28. The van der Waals surface area contributed by atoms with Crippen molar-refractivity contribution in [3.63, 3.8) is 0 Å². The topological polar surface area (TPSA) is 37.0 Å². The van der Waals surface area contributed by atoms with E-state index in [0.29, 0.717) is 6.54 Å². The maximum atomic E-state index is 13.3. The minimum absolute atomic E-state index is 0.0183. The normalized spacial score (nSPS) is 12.1. The minimum Gasteiger partial charge on any atom is -0.379 e. The average molecular weight is 323 g/mol. The summed E-state index contributed by atoms with van der Waals surface area (Å²) in [5.74, 6) is 0.195. The van der Waals surface area contributed by atoms with E-state index in [1.54, 1.807) is 20.8 Å². The molecule has 0 aliphatic carbocycles. The smallest absolute Gasteiger partial charge is 0.379 e. The number of benzene rings is 1. The summed E-state index contributed by atoms with van der Waals surface area (Å²) in [6.07, 6.45) is -3.22. The van der Waals surface area contributed by atoms with Crippen molar-refractivity contribution in [3.8, 4) is 0 Å². The van der Waals surface area contributed by atoms with Crippen LogP contribution in [-0.4, -0.2) is 10.5 Å². The second-order valence-electron chi connectivity index (χ2n) is 6.33. The number of aromatic nitrogens is 1. The molecule has 0 radical (unpaired) electrons. The van der Waals surface area contributed by atoms with Crippen LogP contribution >= 0.6 is 0 Å². The molecule has 3 nitrogen and oxygen atoms in total. The molecule has 2 N–H and O–H groups in total. The highest BCUT2D eigenvalue weighted by Crippen LogP contribution is 2.36. The molecule has 0 fully saturated rings. The maximum absolute atomic E-state index is 13.3. The molecule has 0 unspecified atom stereocenters. The van der Waals surface area contributed by atoms with Crippen LogP contribution in [0.25, 0.3) is 0 Å². The van der Waals surface area contributed by atoms with Gasteiger partial charge in [0.05, 0.1) is 17.4 Å². The van der Waals surface area contributed by atoms with Crippen LogP contribution in [0.15, 0.2) is 42.6 Å². The zero-order valence-corrected chi connectivity index (χ0v) is 13.3. The zero-order chi connectivity index (χ0) is 17.1. The first-order valence-corrected chi connectivity index (χ1v) is 7.28. The fraction of sp³-hybridized carbons (Fsp3) is 0.353. The molecule has 0 saturated carbocycles. The number of nitrogens with one attached hydrogen (secondary N) is 2. The molecule has 2 rings (SSSR count). The van der Waals surface area contributed by atoms with Crippen LogP contribution in [0, 0.1) is 0 Å². The highest BCUT2D eigenvalue weighted by atomic mass is 19.4. The van der Waals surface area contributed by atoms with Gasteiger partial charge in [0, 0.05) is 12.1 Å². The molecular formula is C17H20F3N3. The molecule has 1 heterocycles. The second-order valence-corrected chi connectivity index (χ2v) is 6.33. The van der Waals surface area contributed by atoms with E-state index >= 15 is 0 Å². The summed E-state index contributed by atoms with van der Waals surface area (Å²) in [7, 11) is 0. The zero-order valence-electron chi connectivity index (χ0n) is 13.3. The lowest BCUT2D eigenvalue weighted by Crippen LogP contribution is -2.28. The van der Waals surface area contributed by atoms with Crippen molar-refractivity contribution in [2.45, 2.75) is 39.0 Å². The largest absolute Gasteiger partial charge is 0.418 e. The van der Waals surface area contributed by atoms with Crippen LogP contribution in [0.3, 0.4) is 0 Å². The molecule has 0 aliphatic rings. The summed E-state index contributed by atoms with van der Waals surface area (Å²) < 4.78 is 39.8. The third-order valence-corrected chi connectivity index (χ3v) is 3.04. The summed E-state index contributed by atoms with van der Waals surface area (Å²) in [4.78, 5) is 4.08. The van der Waals surface area contributed by atoms with E-state index in [2.05, 4.69) is 15.6 Å². The molecular weight excluding hydrogens is 303 g/mol. The van der Waals surface area contributed by atoms with Crippen molar-refractivity contribution in [2.75, 3.05) is 10.6 Å². The van der Waals surface area contributed by atoms with Crippen LogP contribution in [0.4, 0.5) is 24.7 Å². The SMILES string of the molecule is CC(C)(C)Nc1cnc(NCc2ccccc2)cc1C(F)(F)F. The number of pyridine rings is 1. The Labute approximate surface area is 133 Å². The Balaban J connectivity index is 2.22. The first-order chi connectivity index (χ1) is 10.6. The number of halogens is 3. The third-order valence-electron chi connectivity index (χ3n) is 3.04. The molecule has 0 spiro atoms. The molecule has 6 heteroatoms. The Kier molecular flexibility index (Phi) is 4.82. The van der Waals surface area contributed by atoms with Crippen molar-refractivity contribution >= 4 is 11.5 Å². The fourth-order valence-corrected chi connectivity index (χ4v) is 2.08. The number of anilines is 2. The maximum Gasteiger partial charge on any atom is 0.418 e. The minimum atomic E-state index is -4.44. The van der Waals surface area contributed by atoms with Gasteiger partial charge in [0.2, 0.25) is 0 Å². The molecule has 1 aromatic heterocycles. The van der Waals surface area contributed by atoms with Gasteiger partial charge >= 0.3 is 6.18 Å². The fourth-order valence-electron chi connectivity index (χ4n) is 2.08. The molecule has 1 aromatic carbocycles. The van der Waals surface area contributed by atoms with E-state index in [9.17, 15) is 13.2 Å². The molecule has 0 aliphatic heterocycles. The van der Waals surface area contributed by atoms with E-state index in [1.165, 1.54) is 6.20 Å². The molecule has 2 aromatic rings. The van der Waals surface area contributed by atoms with Crippen LogP contribution in [0.5, 0.6) is 0 Å². The number of nitrogens with zero attached hydrogens (tertiary/aromatic N) is 1. The molecule has 23 heavy (non-hydrogen) atoms. The van der Waals surface area contributed by atoms with Gasteiger partial charge in [0.1, 0.15) is 5.82 Å². The van der Waals surface area contributed by atoms with Crippen LogP contribution < -0.4 is 10.6 Å². The Morgan fingerprint density at radius 1 is 1.04 bits per heavy atom.